The molecule has 0 saturated heterocycles. The Balaban J connectivity index is 2.46. The average Bonchev–Trinajstić information content (AvgIpc) is 2.65. The topological polar surface area (TPSA) is 88.8 Å². The Morgan fingerprint density at radius 2 is 2.17 bits per heavy atom. The highest BCUT2D eigenvalue weighted by Crippen LogP contribution is 2.14. The molecule has 1 aromatic heterocycles. The zero-order chi connectivity index (χ0) is 13.7. The van der Waals surface area contributed by atoms with Gasteiger partial charge in [-0.3, -0.25) is 0 Å². The van der Waals surface area contributed by atoms with Gasteiger partial charge in [0.2, 0.25) is 0 Å². The third kappa shape index (κ3) is 4.12. The fourth-order valence-electron chi connectivity index (χ4n) is 1.30. The number of amides is 1. The van der Waals surface area contributed by atoms with Gasteiger partial charge < -0.3 is 19.6 Å². The Morgan fingerprint density at radius 1 is 1.50 bits per heavy atom. The summed E-state index contributed by atoms with van der Waals surface area (Å²) < 4.78 is 10.1. The Hall–Kier alpha value is -1.98. The molecule has 1 rings (SSSR count). The molecule has 0 fully saturated rings. The van der Waals surface area contributed by atoms with Gasteiger partial charge in [-0.1, -0.05) is 13.8 Å². The van der Waals surface area contributed by atoms with Crippen LogP contribution in [0.2, 0.25) is 0 Å². The van der Waals surface area contributed by atoms with Crippen LogP contribution in [0.1, 0.15) is 35.7 Å². The number of carbonyl (C=O) groups is 2. The van der Waals surface area contributed by atoms with E-state index < -0.39 is 12.1 Å². The van der Waals surface area contributed by atoms with Crippen LogP contribution in [0, 0.1) is 12.8 Å². The molecule has 2 N–H and O–H groups in total. The summed E-state index contributed by atoms with van der Waals surface area (Å²) in [5.41, 5.74) is 0.0994. The van der Waals surface area contributed by atoms with E-state index in [1.807, 2.05) is 13.8 Å². The molecule has 18 heavy (non-hydrogen) atoms. The van der Waals surface area contributed by atoms with Crippen molar-refractivity contribution in [3.8, 4) is 0 Å². The van der Waals surface area contributed by atoms with E-state index in [2.05, 4.69) is 5.32 Å². The Morgan fingerprint density at radius 3 is 2.67 bits per heavy atom. The normalized spacial score (nSPS) is 10.4. The van der Waals surface area contributed by atoms with Crippen LogP contribution in [0.3, 0.4) is 0 Å². The molecule has 1 heterocycles. The molecule has 0 aliphatic heterocycles. The summed E-state index contributed by atoms with van der Waals surface area (Å²) in [5.74, 6) is -0.0913. The lowest BCUT2D eigenvalue weighted by Gasteiger charge is -2.07. The second-order valence-electron chi connectivity index (χ2n) is 4.33. The lowest BCUT2D eigenvalue weighted by molar-refractivity contribution is 0.0695. The summed E-state index contributed by atoms with van der Waals surface area (Å²) >= 11 is 0. The van der Waals surface area contributed by atoms with Gasteiger partial charge in [0.1, 0.15) is 17.1 Å². The summed E-state index contributed by atoms with van der Waals surface area (Å²) in [6.45, 7) is 5.86. The third-order valence-corrected chi connectivity index (χ3v) is 2.15. The lowest BCUT2D eigenvalue weighted by atomic mass is 10.2. The number of carbonyl (C=O) groups excluding carboxylic acids is 1. The summed E-state index contributed by atoms with van der Waals surface area (Å²) in [7, 11) is 0. The van der Waals surface area contributed by atoms with Gasteiger partial charge in [0.15, 0.2) is 0 Å². The molecule has 0 aliphatic rings. The maximum atomic E-state index is 11.3. The fourth-order valence-corrected chi connectivity index (χ4v) is 1.30. The first-order chi connectivity index (χ1) is 8.40. The molecule has 0 aliphatic carbocycles. The van der Waals surface area contributed by atoms with Crippen molar-refractivity contribution in [2.24, 2.45) is 5.92 Å². The van der Waals surface area contributed by atoms with Crippen LogP contribution >= 0.6 is 0 Å². The van der Waals surface area contributed by atoms with Crippen LogP contribution in [0.5, 0.6) is 0 Å². The van der Waals surface area contributed by atoms with Gasteiger partial charge in [0.05, 0.1) is 13.2 Å². The van der Waals surface area contributed by atoms with E-state index in [4.69, 9.17) is 14.3 Å². The standard InChI is InChI=1S/C12H17NO5/c1-7(2)6-17-12(16)13-5-9-4-10(11(14)15)8(3)18-9/h4,7H,5-6H2,1-3H3,(H,13,16)(H,14,15). The molecule has 1 amide bonds. The molecule has 0 unspecified atom stereocenters. The zero-order valence-corrected chi connectivity index (χ0v) is 10.6. The van der Waals surface area contributed by atoms with Crippen LogP contribution in [0.25, 0.3) is 0 Å². The first-order valence-electron chi connectivity index (χ1n) is 5.63. The molecule has 100 valence electrons. The number of furan rings is 1. The van der Waals surface area contributed by atoms with Crippen LogP contribution in [0.4, 0.5) is 4.79 Å². The maximum Gasteiger partial charge on any atom is 0.407 e. The largest absolute Gasteiger partial charge is 0.478 e. The second kappa shape index (κ2) is 6.09. The van der Waals surface area contributed by atoms with Crippen molar-refractivity contribution in [1.82, 2.24) is 5.32 Å². The minimum atomic E-state index is -1.05. The highest BCUT2D eigenvalue weighted by Gasteiger charge is 2.14. The predicted octanol–water partition coefficient (Wildman–Crippen LogP) is 2.17. The van der Waals surface area contributed by atoms with Gasteiger partial charge in [-0.05, 0) is 18.9 Å². The number of rotatable bonds is 5. The highest BCUT2D eigenvalue weighted by atomic mass is 16.5. The zero-order valence-electron chi connectivity index (χ0n) is 10.6. The molecule has 0 aromatic carbocycles. The molecule has 0 spiro atoms. The number of carboxylic acid groups (broad SMARTS) is 1. The predicted molar refractivity (Wildman–Crippen MR) is 63.4 cm³/mol. The van der Waals surface area contributed by atoms with Crippen molar-refractivity contribution < 1.29 is 23.8 Å². The molecular formula is C12H17NO5. The summed E-state index contributed by atoms with van der Waals surface area (Å²) in [5, 5.41) is 11.3. The van der Waals surface area contributed by atoms with Gasteiger partial charge >= 0.3 is 12.1 Å². The second-order valence-corrected chi connectivity index (χ2v) is 4.33. The third-order valence-electron chi connectivity index (χ3n) is 2.15. The van der Waals surface area contributed by atoms with Crippen LogP contribution in [0.15, 0.2) is 10.5 Å². The maximum absolute atomic E-state index is 11.3. The molecule has 0 bridgehead atoms. The number of ether oxygens (including phenoxy) is 1. The number of aryl methyl sites for hydroxylation is 1. The van der Waals surface area contributed by atoms with E-state index in [1.54, 1.807) is 6.92 Å². The van der Waals surface area contributed by atoms with Gasteiger partial charge in [-0.2, -0.15) is 0 Å². The quantitative estimate of drug-likeness (QED) is 0.841. The fraction of sp³-hybridized carbons (Fsp3) is 0.500. The van der Waals surface area contributed by atoms with Crippen LogP contribution < -0.4 is 5.32 Å². The van der Waals surface area contributed by atoms with Gasteiger partial charge in [0, 0.05) is 0 Å². The Kier molecular flexibility index (Phi) is 4.76. The van der Waals surface area contributed by atoms with E-state index in [1.165, 1.54) is 6.07 Å². The number of carboxylic acids is 1. The molecule has 6 heteroatoms. The van der Waals surface area contributed by atoms with Crippen LogP contribution in [-0.2, 0) is 11.3 Å². The number of nitrogens with one attached hydrogen (secondary N) is 1. The first-order valence-corrected chi connectivity index (χ1v) is 5.63. The number of aromatic carboxylic acids is 1. The molecule has 1 aromatic rings. The van der Waals surface area contributed by atoms with Crippen molar-refractivity contribution in [2.45, 2.75) is 27.3 Å². The number of alkyl carbamates (subject to hydrolysis) is 1. The average molecular weight is 255 g/mol. The molecular weight excluding hydrogens is 238 g/mol. The van der Waals surface area contributed by atoms with Crippen molar-refractivity contribution in [3.05, 3.63) is 23.2 Å². The Labute approximate surface area is 105 Å². The monoisotopic (exact) mass is 255 g/mol. The smallest absolute Gasteiger partial charge is 0.407 e. The van der Waals surface area contributed by atoms with E-state index >= 15 is 0 Å². The van der Waals surface area contributed by atoms with Crippen molar-refractivity contribution in [2.75, 3.05) is 6.61 Å². The highest BCUT2D eigenvalue weighted by molar-refractivity contribution is 5.88. The minimum absolute atomic E-state index is 0.0994. The molecule has 0 radical (unpaired) electrons. The summed E-state index contributed by atoms with van der Waals surface area (Å²) in [6.07, 6.45) is -0.547. The van der Waals surface area contributed by atoms with Gasteiger partial charge in [-0.25, -0.2) is 9.59 Å². The molecule has 6 nitrogen and oxygen atoms in total. The van der Waals surface area contributed by atoms with Gasteiger partial charge in [-0.15, -0.1) is 0 Å². The molecule has 0 atom stereocenters. The van der Waals surface area contributed by atoms with E-state index in [0.717, 1.165) is 0 Å². The van der Waals surface area contributed by atoms with E-state index in [-0.39, 0.29) is 18.0 Å². The number of hydrogen-bond acceptors (Lipinski definition) is 4. The van der Waals surface area contributed by atoms with Crippen molar-refractivity contribution in [1.29, 1.82) is 0 Å². The molecule has 0 saturated carbocycles. The minimum Gasteiger partial charge on any atom is -0.478 e. The lowest BCUT2D eigenvalue weighted by Crippen LogP contribution is -2.25. The summed E-state index contributed by atoms with van der Waals surface area (Å²) in [6, 6.07) is 1.39. The SMILES string of the molecule is Cc1oc(CNC(=O)OCC(C)C)cc1C(=O)O. The summed E-state index contributed by atoms with van der Waals surface area (Å²) in [4.78, 5) is 22.0. The first kappa shape index (κ1) is 14.1. The van der Waals surface area contributed by atoms with Gasteiger partial charge in [0.25, 0.3) is 0 Å². The van der Waals surface area contributed by atoms with Crippen molar-refractivity contribution in [3.63, 3.8) is 0 Å². The van der Waals surface area contributed by atoms with E-state index in [0.29, 0.717) is 18.1 Å². The Bertz CT molecular complexity index is 436. The van der Waals surface area contributed by atoms with Crippen molar-refractivity contribution >= 4 is 12.1 Å². The van der Waals surface area contributed by atoms with Crippen LogP contribution in [-0.4, -0.2) is 23.8 Å². The number of hydrogen-bond donors (Lipinski definition) is 2. The van der Waals surface area contributed by atoms with E-state index in [9.17, 15) is 9.59 Å².